The van der Waals surface area contributed by atoms with E-state index in [-0.39, 0.29) is 6.17 Å². The first-order chi connectivity index (χ1) is 4.63. The van der Waals surface area contributed by atoms with Gasteiger partial charge in [0, 0.05) is 14.1 Å². The van der Waals surface area contributed by atoms with Crippen LogP contribution in [0.25, 0.3) is 0 Å². The number of amides is 2. The molecule has 0 rings (SSSR count). The Balaban J connectivity index is 3.91. The third-order valence-corrected chi connectivity index (χ3v) is 1.51. The second kappa shape index (κ2) is 3.87. The van der Waals surface area contributed by atoms with Crippen molar-refractivity contribution in [2.45, 2.75) is 13.1 Å². The van der Waals surface area contributed by atoms with E-state index in [2.05, 4.69) is 0 Å². The van der Waals surface area contributed by atoms with Crippen molar-refractivity contribution in [3.05, 3.63) is 0 Å². The number of nitrogens with zero attached hydrogens (tertiary/aromatic N) is 2. The molecule has 0 aliphatic rings. The van der Waals surface area contributed by atoms with Gasteiger partial charge >= 0.3 is 0 Å². The molecule has 0 atom stereocenters. The molecule has 0 aromatic heterocycles. The van der Waals surface area contributed by atoms with Gasteiger partial charge in [0.05, 0.1) is 0 Å². The summed E-state index contributed by atoms with van der Waals surface area (Å²) >= 11 is 0. The standard InChI is InChI=1S/C6H12N2O2/c1-6(7(2)4-9)8(3)5-10/h4-6H,1-3H3. The highest BCUT2D eigenvalue weighted by Gasteiger charge is 2.09. The van der Waals surface area contributed by atoms with Gasteiger partial charge in [-0.2, -0.15) is 0 Å². The first-order valence-corrected chi connectivity index (χ1v) is 2.98. The van der Waals surface area contributed by atoms with Crippen LogP contribution in [0.5, 0.6) is 0 Å². The van der Waals surface area contributed by atoms with E-state index in [1.165, 1.54) is 9.80 Å². The van der Waals surface area contributed by atoms with E-state index >= 15 is 0 Å². The number of carbonyl (C=O) groups excluding carboxylic acids is 2. The Morgan fingerprint density at radius 2 is 1.40 bits per heavy atom. The molecule has 0 saturated carbocycles. The normalized spacial score (nSPS) is 9.20. The Morgan fingerprint density at radius 1 is 1.10 bits per heavy atom. The third-order valence-electron chi connectivity index (χ3n) is 1.51. The van der Waals surface area contributed by atoms with E-state index in [0.29, 0.717) is 12.8 Å². The Kier molecular flexibility index (Phi) is 3.46. The first kappa shape index (κ1) is 8.94. The summed E-state index contributed by atoms with van der Waals surface area (Å²) in [6.45, 7) is 1.77. The molecular formula is C6H12N2O2. The lowest BCUT2D eigenvalue weighted by atomic mass is 10.5. The van der Waals surface area contributed by atoms with Gasteiger partial charge in [-0.05, 0) is 6.92 Å². The minimum absolute atomic E-state index is 0.171. The van der Waals surface area contributed by atoms with Crippen molar-refractivity contribution in [3.63, 3.8) is 0 Å². The van der Waals surface area contributed by atoms with E-state index in [9.17, 15) is 9.59 Å². The molecule has 0 radical (unpaired) electrons. The molecule has 4 heteroatoms. The van der Waals surface area contributed by atoms with Crippen LogP contribution in [0, 0.1) is 0 Å². The number of carbonyl (C=O) groups is 2. The summed E-state index contributed by atoms with van der Waals surface area (Å²) in [5.74, 6) is 0. The predicted octanol–water partition coefficient (Wildman–Crippen LogP) is -0.491. The minimum Gasteiger partial charge on any atom is -0.328 e. The van der Waals surface area contributed by atoms with Crippen LogP contribution < -0.4 is 0 Å². The lowest BCUT2D eigenvalue weighted by Crippen LogP contribution is -2.40. The maximum atomic E-state index is 10.2. The van der Waals surface area contributed by atoms with Crippen LogP contribution in [0.1, 0.15) is 6.92 Å². The molecule has 0 aliphatic carbocycles. The molecule has 0 heterocycles. The minimum atomic E-state index is -0.171. The lowest BCUT2D eigenvalue weighted by molar-refractivity contribution is -0.127. The van der Waals surface area contributed by atoms with Gasteiger partial charge in [0.1, 0.15) is 6.17 Å². The second-order valence-electron chi connectivity index (χ2n) is 2.17. The molecule has 0 aromatic carbocycles. The van der Waals surface area contributed by atoms with Crippen LogP contribution in [0.15, 0.2) is 0 Å². The molecular weight excluding hydrogens is 132 g/mol. The molecule has 0 saturated heterocycles. The maximum Gasteiger partial charge on any atom is 0.211 e. The fourth-order valence-electron chi connectivity index (χ4n) is 0.463. The van der Waals surface area contributed by atoms with Gasteiger partial charge in [0.25, 0.3) is 0 Å². The number of hydrogen-bond acceptors (Lipinski definition) is 2. The second-order valence-corrected chi connectivity index (χ2v) is 2.17. The Morgan fingerprint density at radius 3 is 1.60 bits per heavy atom. The zero-order valence-corrected chi connectivity index (χ0v) is 6.44. The van der Waals surface area contributed by atoms with Crippen molar-refractivity contribution in [1.29, 1.82) is 0 Å². The van der Waals surface area contributed by atoms with Crippen LogP contribution >= 0.6 is 0 Å². The average molecular weight is 144 g/mol. The van der Waals surface area contributed by atoms with E-state index in [1.54, 1.807) is 21.0 Å². The summed E-state index contributed by atoms with van der Waals surface area (Å²) < 4.78 is 0. The topological polar surface area (TPSA) is 40.6 Å². The Labute approximate surface area is 60.4 Å². The monoisotopic (exact) mass is 144 g/mol. The first-order valence-electron chi connectivity index (χ1n) is 2.98. The Hall–Kier alpha value is -1.06. The summed E-state index contributed by atoms with van der Waals surface area (Å²) in [7, 11) is 3.25. The third kappa shape index (κ3) is 2.05. The SMILES string of the molecule is CC(N(C)C=O)N(C)C=O. The highest BCUT2D eigenvalue weighted by atomic mass is 16.1. The number of rotatable bonds is 4. The van der Waals surface area contributed by atoms with Gasteiger partial charge < -0.3 is 9.80 Å². The van der Waals surface area contributed by atoms with Crippen LogP contribution in [0.2, 0.25) is 0 Å². The van der Waals surface area contributed by atoms with Gasteiger partial charge in [-0.15, -0.1) is 0 Å². The van der Waals surface area contributed by atoms with Crippen LogP contribution in [0.3, 0.4) is 0 Å². The fraction of sp³-hybridized carbons (Fsp3) is 0.667. The van der Waals surface area contributed by atoms with Gasteiger partial charge in [0.2, 0.25) is 12.8 Å². The molecule has 0 bridgehead atoms. The fourth-order valence-corrected chi connectivity index (χ4v) is 0.463. The molecule has 58 valence electrons. The maximum absolute atomic E-state index is 10.2. The van der Waals surface area contributed by atoms with Crippen LogP contribution in [-0.4, -0.2) is 42.9 Å². The van der Waals surface area contributed by atoms with Crippen molar-refractivity contribution < 1.29 is 9.59 Å². The highest BCUT2D eigenvalue weighted by Crippen LogP contribution is 1.93. The zero-order chi connectivity index (χ0) is 8.15. The van der Waals surface area contributed by atoms with Gasteiger partial charge in [0.15, 0.2) is 0 Å². The zero-order valence-electron chi connectivity index (χ0n) is 6.44. The van der Waals surface area contributed by atoms with E-state index < -0.39 is 0 Å². The molecule has 10 heavy (non-hydrogen) atoms. The smallest absolute Gasteiger partial charge is 0.211 e. The van der Waals surface area contributed by atoms with Crippen LogP contribution in [-0.2, 0) is 9.59 Å². The molecule has 0 spiro atoms. The highest BCUT2D eigenvalue weighted by molar-refractivity contribution is 5.50. The summed E-state index contributed by atoms with van der Waals surface area (Å²) in [4.78, 5) is 23.1. The van der Waals surface area contributed by atoms with Crippen molar-refractivity contribution in [2.75, 3.05) is 14.1 Å². The average Bonchev–Trinajstić information content (AvgIpc) is 2.00. The van der Waals surface area contributed by atoms with E-state index in [4.69, 9.17) is 0 Å². The van der Waals surface area contributed by atoms with Gasteiger partial charge in [-0.1, -0.05) is 0 Å². The predicted molar refractivity (Wildman–Crippen MR) is 37.1 cm³/mol. The van der Waals surface area contributed by atoms with Crippen molar-refractivity contribution >= 4 is 12.8 Å². The van der Waals surface area contributed by atoms with Gasteiger partial charge in [-0.25, -0.2) is 0 Å². The van der Waals surface area contributed by atoms with Crippen LogP contribution in [0.4, 0.5) is 0 Å². The molecule has 4 nitrogen and oxygen atoms in total. The molecule has 0 fully saturated rings. The molecule has 0 unspecified atom stereocenters. The summed E-state index contributed by atoms with van der Waals surface area (Å²) in [6, 6.07) is 0. The summed E-state index contributed by atoms with van der Waals surface area (Å²) in [5.41, 5.74) is 0. The Bertz CT molecular complexity index is 113. The largest absolute Gasteiger partial charge is 0.328 e. The van der Waals surface area contributed by atoms with E-state index in [1.807, 2.05) is 0 Å². The number of hydrogen-bond donors (Lipinski definition) is 0. The van der Waals surface area contributed by atoms with Crippen molar-refractivity contribution in [3.8, 4) is 0 Å². The molecule has 2 amide bonds. The quantitative estimate of drug-likeness (QED) is 0.394. The molecule has 0 N–H and O–H groups in total. The summed E-state index contributed by atoms with van der Waals surface area (Å²) in [5, 5.41) is 0. The van der Waals surface area contributed by atoms with Crippen molar-refractivity contribution in [2.24, 2.45) is 0 Å². The molecule has 0 aliphatic heterocycles. The van der Waals surface area contributed by atoms with E-state index in [0.717, 1.165) is 0 Å². The summed E-state index contributed by atoms with van der Waals surface area (Å²) in [6.07, 6.45) is 1.20. The van der Waals surface area contributed by atoms with Crippen molar-refractivity contribution in [1.82, 2.24) is 9.80 Å². The van der Waals surface area contributed by atoms with Gasteiger partial charge in [-0.3, -0.25) is 9.59 Å². The molecule has 0 aromatic rings. The lowest BCUT2D eigenvalue weighted by Gasteiger charge is -2.26.